The molecular weight excluding hydrogens is 261 g/mol. The summed E-state index contributed by atoms with van der Waals surface area (Å²) in [7, 11) is 0. The Morgan fingerprint density at radius 1 is 1.21 bits per heavy atom. The first-order valence-corrected chi connectivity index (χ1v) is 5.43. The Balaban J connectivity index is 1.96. The zero-order valence-electron chi connectivity index (χ0n) is 9.78. The van der Waals surface area contributed by atoms with E-state index in [0.717, 1.165) is 12.1 Å². The molecule has 0 saturated carbocycles. The van der Waals surface area contributed by atoms with Gasteiger partial charge in [0.25, 0.3) is 0 Å². The summed E-state index contributed by atoms with van der Waals surface area (Å²) in [4.78, 5) is 0. The van der Waals surface area contributed by atoms with E-state index >= 15 is 0 Å². The third kappa shape index (κ3) is 3.47. The van der Waals surface area contributed by atoms with Gasteiger partial charge >= 0.3 is 6.18 Å². The van der Waals surface area contributed by atoms with Crippen molar-refractivity contribution < 1.29 is 22.4 Å². The van der Waals surface area contributed by atoms with Crippen LogP contribution in [0.15, 0.2) is 34.9 Å². The van der Waals surface area contributed by atoms with Crippen molar-refractivity contribution in [2.24, 2.45) is 5.73 Å². The SMILES string of the molecule is NCc1cc(COc2ccc(C(F)(F)F)cc2)on1. The average molecular weight is 272 g/mol. The summed E-state index contributed by atoms with van der Waals surface area (Å²) in [6.45, 7) is 0.335. The predicted molar refractivity (Wildman–Crippen MR) is 60.2 cm³/mol. The molecule has 102 valence electrons. The fourth-order valence-electron chi connectivity index (χ4n) is 1.41. The highest BCUT2D eigenvalue weighted by Gasteiger charge is 2.29. The smallest absolute Gasteiger partial charge is 0.416 e. The highest BCUT2D eigenvalue weighted by molar-refractivity contribution is 5.28. The molecule has 0 aliphatic heterocycles. The molecule has 1 aromatic carbocycles. The maximum absolute atomic E-state index is 12.3. The predicted octanol–water partition coefficient (Wildman–Crippen LogP) is 2.73. The summed E-state index contributed by atoms with van der Waals surface area (Å²) in [5.74, 6) is 0.777. The number of nitrogens with zero attached hydrogens (tertiary/aromatic N) is 1. The molecule has 0 radical (unpaired) electrons. The van der Waals surface area contributed by atoms with Crippen molar-refractivity contribution in [1.29, 1.82) is 0 Å². The van der Waals surface area contributed by atoms with Crippen LogP contribution in [0.2, 0.25) is 0 Å². The highest BCUT2D eigenvalue weighted by Crippen LogP contribution is 2.30. The Labute approximate surface area is 106 Å². The maximum Gasteiger partial charge on any atom is 0.416 e. The molecule has 0 aliphatic carbocycles. The van der Waals surface area contributed by atoms with Crippen molar-refractivity contribution in [3.63, 3.8) is 0 Å². The van der Waals surface area contributed by atoms with Crippen molar-refractivity contribution >= 4 is 0 Å². The summed E-state index contributed by atoms with van der Waals surface area (Å²) in [6.07, 6.45) is -4.35. The second kappa shape index (κ2) is 5.31. The zero-order valence-corrected chi connectivity index (χ0v) is 9.78. The first-order valence-electron chi connectivity index (χ1n) is 5.43. The minimum absolute atomic E-state index is 0.0817. The lowest BCUT2D eigenvalue weighted by Crippen LogP contribution is -2.04. The van der Waals surface area contributed by atoms with Crippen LogP contribution in [-0.4, -0.2) is 5.16 Å². The monoisotopic (exact) mass is 272 g/mol. The molecule has 0 spiro atoms. The normalized spacial score (nSPS) is 11.6. The van der Waals surface area contributed by atoms with Crippen molar-refractivity contribution in [3.05, 3.63) is 47.3 Å². The molecule has 2 N–H and O–H groups in total. The Morgan fingerprint density at radius 2 is 1.89 bits per heavy atom. The number of hydrogen-bond donors (Lipinski definition) is 1. The third-order valence-electron chi connectivity index (χ3n) is 2.38. The molecule has 0 unspecified atom stereocenters. The standard InChI is InChI=1S/C12H11F3N2O2/c13-12(14,15)8-1-3-10(4-2-8)18-7-11-5-9(6-16)17-19-11/h1-5H,6-7,16H2. The van der Waals surface area contributed by atoms with Gasteiger partial charge in [0.1, 0.15) is 12.4 Å². The van der Waals surface area contributed by atoms with E-state index in [1.807, 2.05) is 0 Å². The van der Waals surface area contributed by atoms with Gasteiger partial charge < -0.3 is 15.0 Å². The van der Waals surface area contributed by atoms with Gasteiger partial charge in [0.2, 0.25) is 0 Å². The zero-order chi connectivity index (χ0) is 13.9. The van der Waals surface area contributed by atoms with Crippen LogP contribution in [0.3, 0.4) is 0 Å². The number of alkyl halides is 3. The molecule has 7 heteroatoms. The van der Waals surface area contributed by atoms with Gasteiger partial charge in [-0.3, -0.25) is 0 Å². The largest absolute Gasteiger partial charge is 0.486 e. The quantitative estimate of drug-likeness (QED) is 0.929. The molecule has 1 heterocycles. The van der Waals surface area contributed by atoms with Gasteiger partial charge in [-0.05, 0) is 24.3 Å². The molecule has 2 rings (SSSR count). The molecule has 1 aromatic heterocycles. The van der Waals surface area contributed by atoms with Crippen LogP contribution in [-0.2, 0) is 19.3 Å². The molecule has 0 bridgehead atoms. The molecule has 0 atom stereocenters. The van der Waals surface area contributed by atoms with Gasteiger partial charge in [-0.1, -0.05) is 5.16 Å². The molecule has 0 aliphatic rings. The summed E-state index contributed by atoms with van der Waals surface area (Å²) >= 11 is 0. The van der Waals surface area contributed by atoms with Crippen LogP contribution < -0.4 is 10.5 Å². The van der Waals surface area contributed by atoms with Crippen LogP contribution in [0.25, 0.3) is 0 Å². The lowest BCUT2D eigenvalue weighted by atomic mass is 10.2. The van der Waals surface area contributed by atoms with Crippen molar-refractivity contribution in [1.82, 2.24) is 5.16 Å². The van der Waals surface area contributed by atoms with E-state index in [2.05, 4.69) is 5.16 Å². The topological polar surface area (TPSA) is 61.3 Å². The molecule has 0 saturated heterocycles. The van der Waals surface area contributed by atoms with Crippen LogP contribution in [0.1, 0.15) is 17.0 Å². The molecule has 2 aromatic rings. The number of nitrogens with two attached hydrogens (primary N) is 1. The van der Waals surface area contributed by atoms with Crippen molar-refractivity contribution in [3.8, 4) is 5.75 Å². The van der Waals surface area contributed by atoms with Crippen molar-refractivity contribution in [2.75, 3.05) is 0 Å². The highest BCUT2D eigenvalue weighted by atomic mass is 19.4. The Morgan fingerprint density at radius 3 is 2.42 bits per heavy atom. The van der Waals surface area contributed by atoms with E-state index in [1.54, 1.807) is 6.07 Å². The Hall–Kier alpha value is -2.02. The molecule has 19 heavy (non-hydrogen) atoms. The Kier molecular flexibility index (Phi) is 3.75. The van der Waals surface area contributed by atoms with E-state index in [9.17, 15) is 13.2 Å². The number of rotatable bonds is 4. The van der Waals surface area contributed by atoms with E-state index in [-0.39, 0.29) is 13.2 Å². The molecule has 0 amide bonds. The number of hydrogen-bond acceptors (Lipinski definition) is 4. The minimum atomic E-state index is -4.35. The van der Waals surface area contributed by atoms with Gasteiger partial charge in [0.05, 0.1) is 11.3 Å². The van der Waals surface area contributed by atoms with Crippen LogP contribution in [0.5, 0.6) is 5.75 Å². The van der Waals surface area contributed by atoms with Gasteiger partial charge in [0, 0.05) is 12.6 Å². The summed E-state index contributed by atoms with van der Waals surface area (Å²) in [5, 5.41) is 3.66. The number of ether oxygens (including phenoxy) is 1. The van der Waals surface area contributed by atoms with Gasteiger partial charge in [-0.25, -0.2) is 0 Å². The van der Waals surface area contributed by atoms with Crippen LogP contribution >= 0.6 is 0 Å². The van der Waals surface area contributed by atoms with Crippen LogP contribution in [0, 0.1) is 0 Å². The van der Waals surface area contributed by atoms with Gasteiger partial charge in [-0.15, -0.1) is 0 Å². The first-order chi connectivity index (χ1) is 8.99. The van der Waals surface area contributed by atoms with Gasteiger partial charge in [-0.2, -0.15) is 13.2 Å². The fraction of sp³-hybridized carbons (Fsp3) is 0.250. The van der Waals surface area contributed by atoms with Gasteiger partial charge in [0.15, 0.2) is 5.76 Å². The molecular formula is C12H11F3N2O2. The summed E-state index contributed by atoms with van der Waals surface area (Å²) < 4.78 is 47.2. The molecule has 0 fully saturated rings. The average Bonchev–Trinajstić information content (AvgIpc) is 2.84. The number of benzene rings is 1. The maximum atomic E-state index is 12.3. The van der Waals surface area contributed by atoms with Crippen molar-refractivity contribution in [2.45, 2.75) is 19.3 Å². The number of aromatic nitrogens is 1. The minimum Gasteiger partial charge on any atom is -0.486 e. The summed E-state index contributed by atoms with van der Waals surface area (Å²) in [6, 6.07) is 6.05. The van der Waals surface area contributed by atoms with E-state index in [4.69, 9.17) is 15.0 Å². The summed E-state index contributed by atoms with van der Waals surface area (Å²) in [5.41, 5.74) is 5.23. The number of halogens is 3. The second-order valence-electron chi connectivity index (χ2n) is 3.80. The van der Waals surface area contributed by atoms with E-state index < -0.39 is 11.7 Å². The lowest BCUT2D eigenvalue weighted by Gasteiger charge is -2.08. The molecule has 4 nitrogen and oxygen atoms in total. The van der Waals surface area contributed by atoms with E-state index in [1.165, 1.54) is 12.1 Å². The van der Waals surface area contributed by atoms with E-state index in [0.29, 0.717) is 17.2 Å². The first kappa shape index (κ1) is 13.4. The fourth-order valence-corrected chi connectivity index (χ4v) is 1.41. The third-order valence-corrected chi connectivity index (χ3v) is 2.38. The van der Waals surface area contributed by atoms with Crippen LogP contribution in [0.4, 0.5) is 13.2 Å². The lowest BCUT2D eigenvalue weighted by molar-refractivity contribution is -0.137. The second-order valence-corrected chi connectivity index (χ2v) is 3.80. The Bertz CT molecular complexity index is 535.